The molecule has 0 bridgehead atoms. The standard InChI is InChI=1S/C15H16BrN3O2/c1-21-8-7-17-12-5-6-18-14(10-12)15(20)19-13-4-2-3-11(16)9-13/h2-6,9-10H,7-8H2,1H3,(H,17,18)(H,19,20). The Hall–Kier alpha value is -1.92. The van der Waals surface area contributed by atoms with Gasteiger partial charge in [-0.25, -0.2) is 0 Å². The van der Waals surface area contributed by atoms with E-state index in [0.29, 0.717) is 24.5 Å². The lowest BCUT2D eigenvalue weighted by Crippen LogP contribution is -2.14. The number of aromatic nitrogens is 1. The van der Waals surface area contributed by atoms with E-state index < -0.39 is 0 Å². The molecule has 6 heteroatoms. The molecule has 0 fully saturated rings. The van der Waals surface area contributed by atoms with Crippen molar-refractivity contribution in [3.8, 4) is 0 Å². The van der Waals surface area contributed by atoms with Crippen molar-refractivity contribution in [1.82, 2.24) is 4.98 Å². The predicted molar refractivity (Wildman–Crippen MR) is 86.7 cm³/mol. The van der Waals surface area contributed by atoms with Gasteiger partial charge in [-0.2, -0.15) is 0 Å². The number of hydrogen-bond acceptors (Lipinski definition) is 4. The Balaban J connectivity index is 2.03. The lowest BCUT2D eigenvalue weighted by molar-refractivity contribution is 0.102. The highest BCUT2D eigenvalue weighted by atomic mass is 79.9. The Labute approximate surface area is 131 Å². The Kier molecular flexibility index (Phi) is 5.71. The van der Waals surface area contributed by atoms with Crippen molar-refractivity contribution in [2.45, 2.75) is 0 Å². The summed E-state index contributed by atoms with van der Waals surface area (Å²) in [5, 5.41) is 5.97. The Morgan fingerprint density at radius 1 is 1.29 bits per heavy atom. The molecule has 0 aliphatic carbocycles. The first kappa shape index (κ1) is 15.5. The molecule has 0 saturated carbocycles. The summed E-state index contributed by atoms with van der Waals surface area (Å²) < 4.78 is 5.88. The molecule has 21 heavy (non-hydrogen) atoms. The van der Waals surface area contributed by atoms with Gasteiger partial charge in [-0.1, -0.05) is 22.0 Å². The summed E-state index contributed by atoms with van der Waals surface area (Å²) in [6.07, 6.45) is 1.60. The fourth-order valence-corrected chi connectivity index (χ4v) is 2.12. The number of methoxy groups -OCH3 is 1. The lowest BCUT2D eigenvalue weighted by atomic mass is 10.2. The molecule has 1 aromatic carbocycles. The number of rotatable bonds is 6. The van der Waals surface area contributed by atoms with Crippen LogP contribution < -0.4 is 10.6 Å². The van der Waals surface area contributed by atoms with Crippen LogP contribution in [0.3, 0.4) is 0 Å². The summed E-state index contributed by atoms with van der Waals surface area (Å²) in [5.74, 6) is -0.247. The van der Waals surface area contributed by atoms with Crippen molar-refractivity contribution in [2.75, 3.05) is 30.9 Å². The maximum Gasteiger partial charge on any atom is 0.274 e. The van der Waals surface area contributed by atoms with Crippen LogP contribution in [0.25, 0.3) is 0 Å². The third kappa shape index (κ3) is 4.84. The number of ether oxygens (including phenoxy) is 1. The van der Waals surface area contributed by atoms with Crippen LogP contribution in [-0.4, -0.2) is 31.2 Å². The monoisotopic (exact) mass is 349 g/mol. The van der Waals surface area contributed by atoms with Crippen molar-refractivity contribution < 1.29 is 9.53 Å². The smallest absolute Gasteiger partial charge is 0.274 e. The van der Waals surface area contributed by atoms with E-state index in [4.69, 9.17) is 4.74 Å². The van der Waals surface area contributed by atoms with Crippen LogP contribution in [0.5, 0.6) is 0 Å². The minimum absolute atomic E-state index is 0.247. The van der Waals surface area contributed by atoms with E-state index in [1.54, 1.807) is 19.4 Å². The summed E-state index contributed by atoms with van der Waals surface area (Å²) in [4.78, 5) is 16.3. The molecule has 2 N–H and O–H groups in total. The van der Waals surface area contributed by atoms with E-state index in [0.717, 1.165) is 10.2 Å². The van der Waals surface area contributed by atoms with Gasteiger partial charge in [-0.15, -0.1) is 0 Å². The van der Waals surface area contributed by atoms with Crippen LogP contribution >= 0.6 is 15.9 Å². The molecule has 2 aromatic rings. The van der Waals surface area contributed by atoms with Gasteiger partial charge in [0.2, 0.25) is 0 Å². The number of pyridine rings is 1. The number of nitrogens with zero attached hydrogens (tertiary/aromatic N) is 1. The predicted octanol–water partition coefficient (Wildman–Crippen LogP) is 3.15. The van der Waals surface area contributed by atoms with Gasteiger partial charge in [0, 0.05) is 35.7 Å². The average Bonchev–Trinajstić information content (AvgIpc) is 2.48. The summed E-state index contributed by atoms with van der Waals surface area (Å²) in [7, 11) is 1.64. The van der Waals surface area contributed by atoms with Crippen molar-refractivity contribution in [3.05, 3.63) is 52.8 Å². The molecule has 2 rings (SSSR count). The van der Waals surface area contributed by atoms with Crippen molar-refractivity contribution in [1.29, 1.82) is 0 Å². The average molecular weight is 350 g/mol. The minimum atomic E-state index is -0.247. The van der Waals surface area contributed by atoms with Gasteiger partial charge in [0.1, 0.15) is 5.69 Å². The van der Waals surface area contributed by atoms with Crippen molar-refractivity contribution >= 4 is 33.2 Å². The molecule has 0 radical (unpaired) electrons. The second kappa shape index (κ2) is 7.75. The normalized spacial score (nSPS) is 10.2. The third-order valence-electron chi connectivity index (χ3n) is 2.71. The summed E-state index contributed by atoms with van der Waals surface area (Å²) in [6, 6.07) is 10.9. The maximum absolute atomic E-state index is 12.2. The lowest BCUT2D eigenvalue weighted by Gasteiger charge is -2.08. The first-order valence-electron chi connectivity index (χ1n) is 6.45. The molecular formula is C15H16BrN3O2. The highest BCUT2D eigenvalue weighted by Crippen LogP contribution is 2.16. The second-order valence-electron chi connectivity index (χ2n) is 4.31. The van der Waals surface area contributed by atoms with Gasteiger partial charge in [0.05, 0.1) is 6.61 Å². The third-order valence-corrected chi connectivity index (χ3v) is 3.20. The topological polar surface area (TPSA) is 63.2 Å². The number of hydrogen-bond donors (Lipinski definition) is 2. The Morgan fingerprint density at radius 3 is 2.90 bits per heavy atom. The zero-order valence-electron chi connectivity index (χ0n) is 11.6. The molecule has 0 unspecified atom stereocenters. The number of nitrogens with one attached hydrogen (secondary N) is 2. The molecule has 1 amide bonds. The van der Waals surface area contributed by atoms with Gasteiger partial charge < -0.3 is 15.4 Å². The zero-order valence-corrected chi connectivity index (χ0v) is 13.2. The number of benzene rings is 1. The van der Waals surface area contributed by atoms with E-state index in [9.17, 15) is 4.79 Å². The molecule has 1 aromatic heterocycles. The van der Waals surface area contributed by atoms with Crippen LogP contribution in [-0.2, 0) is 4.74 Å². The summed E-state index contributed by atoms with van der Waals surface area (Å²) in [5.41, 5.74) is 1.91. The zero-order chi connectivity index (χ0) is 15.1. The number of amides is 1. The van der Waals surface area contributed by atoms with E-state index in [-0.39, 0.29) is 5.91 Å². The van der Waals surface area contributed by atoms with Crippen molar-refractivity contribution in [2.24, 2.45) is 0 Å². The molecular weight excluding hydrogens is 334 g/mol. The van der Waals surface area contributed by atoms with Crippen LogP contribution in [0.15, 0.2) is 47.1 Å². The molecule has 0 aliphatic rings. The number of carbonyl (C=O) groups is 1. The van der Waals surface area contributed by atoms with E-state index in [1.165, 1.54) is 0 Å². The van der Waals surface area contributed by atoms with E-state index in [2.05, 4.69) is 31.5 Å². The second-order valence-corrected chi connectivity index (χ2v) is 5.23. The molecule has 0 spiro atoms. The van der Waals surface area contributed by atoms with Gasteiger partial charge in [0.25, 0.3) is 5.91 Å². The first-order valence-corrected chi connectivity index (χ1v) is 7.24. The molecule has 1 heterocycles. The highest BCUT2D eigenvalue weighted by molar-refractivity contribution is 9.10. The molecule has 0 aliphatic heterocycles. The summed E-state index contributed by atoms with van der Waals surface area (Å²) >= 11 is 3.37. The number of carbonyl (C=O) groups excluding carboxylic acids is 1. The molecule has 0 saturated heterocycles. The van der Waals surface area contributed by atoms with E-state index in [1.807, 2.05) is 30.3 Å². The van der Waals surface area contributed by atoms with Crippen LogP contribution in [0.2, 0.25) is 0 Å². The number of anilines is 2. The van der Waals surface area contributed by atoms with Gasteiger partial charge in [-0.3, -0.25) is 9.78 Å². The maximum atomic E-state index is 12.2. The largest absolute Gasteiger partial charge is 0.383 e. The highest BCUT2D eigenvalue weighted by Gasteiger charge is 2.08. The van der Waals surface area contributed by atoms with Crippen molar-refractivity contribution in [3.63, 3.8) is 0 Å². The van der Waals surface area contributed by atoms with Crippen LogP contribution in [0.4, 0.5) is 11.4 Å². The van der Waals surface area contributed by atoms with E-state index >= 15 is 0 Å². The quantitative estimate of drug-likeness (QED) is 0.786. The summed E-state index contributed by atoms with van der Waals surface area (Å²) in [6.45, 7) is 1.27. The van der Waals surface area contributed by atoms with Crippen LogP contribution in [0.1, 0.15) is 10.5 Å². The first-order chi connectivity index (χ1) is 10.2. The Bertz CT molecular complexity index is 619. The number of halogens is 1. The van der Waals surface area contributed by atoms with Gasteiger partial charge in [-0.05, 0) is 30.3 Å². The fraction of sp³-hybridized carbons (Fsp3) is 0.200. The fourth-order valence-electron chi connectivity index (χ4n) is 1.72. The molecule has 0 atom stereocenters. The SMILES string of the molecule is COCCNc1ccnc(C(=O)Nc2cccc(Br)c2)c1. The molecule has 110 valence electrons. The van der Waals surface area contributed by atoms with Gasteiger partial charge >= 0.3 is 0 Å². The van der Waals surface area contributed by atoms with Crippen LogP contribution in [0, 0.1) is 0 Å². The Morgan fingerprint density at radius 2 is 2.14 bits per heavy atom. The molecule has 5 nitrogen and oxygen atoms in total. The minimum Gasteiger partial charge on any atom is -0.383 e. The van der Waals surface area contributed by atoms with Gasteiger partial charge in [0.15, 0.2) is 0 Å².